The highest BCUT2D eigenvalue weighted by atomic mass is 16.5. The largest absolute Gasteiger partial charge is 0.457 e. The van der Waals surface area contributed by atoms with E-state index in [9.17, 15) is 4.79 Å². The Hall–Kier alpha value is -3.34. The average molecular weight is 387 g/mol. The standard InChI is InChI=1S/C24H25N3O2/c1-4-27-15-21-20(24(27)28)13-14-25-23(21)26-17(3)18-9-11-19(12-10-18)29-22-8-6-5-7-16(22)2/h5-14,17H,4,15H2,1-3H3,(H,25,26)/t17-/m0/s1. The number of fused-ring (bicyclic) bond motifs is 1. The van der Waals surface area contributed by atoms with E-state index in [0.29, 0.717) is 13.1 Å². The van der Waals surface area contributed by atoms with Gasteiger partial charge in [0.1, 0.15) is 17.3 Å². The van der Waals surface area contributed by atoms with E-state index in [2.05, 4.69) is 29.4 Å². The monoisotopic (exact) mass is 387 g/mol. The van der Waals surface area contributed by atoms with Gasteiger partial charge in [-0.1, -0.05) is 30.3 Å². The number of carbonyl (C=O) groups excluding carboxylic acids is 1. The summed E-state index contributed by atoms with van der Waals surface area (Å²) >= 11 is 0. The molecule has 5 nitrogen and oxygen atoms in total. The fourth-order valence-corrected chi connectivity index (χ4v) is 3.58. The van der Waals surface area contributed by atoms with Crippen molar-refractivity contribution >= 4 is 11.7 Å². The van der Waals surface area contributed by atoms with Crippen LogP contribution in [0.15, 0.2) is 60.8 Å². The van der Waals surface area contributed by atoms with Gasteiger partial charge in [-0.05, 0) is 56.2 Å². The van der Waals surface area contributed by atoms with Crippen LogP contribution >= 0.6 is 0 Å². The number of benzene rings is 2. The van der Waals surface area contributed by atoms with Crippen LogP contribution in [0.1, 0.15) is 46.9 Å². The number of rotatable bonds is 6. The molecule has 0 aliphatic carbocycles. The summed E-state index contributed by atoms with van der Waals surface area (Å²) in [5.41, 5.74) is 3.95. The van der Waals surface area contributed by atoms with Crippen LogP contribution in [0.5, 0.6) is 11.5 Å². The second-order valence-corrected chi connectivity index (χ2v) is 7.31. The summed E-state index contributed by atoms with van der Waals surface area (Å²) in [6.07, 6.45) is 1.70. The lowest BCUT2D eigenvalue weighted by molar-refractivity contribution is 0.0787. The smallest absolute Gasteiger partial charge is 0.254 e. The van der Waals surface area contributed by atoms with Crippen molar-refractivity contribution in [3.63, 3.8) is 0 Å². The molecule has 2 heterocycles. The van der Waals surface area contributed by atoms with E-state index in [-0.39, 0.29) is 11.9 Å². The minimum absolute atomic E-state index is 0.0484. The van der Waals surface area contributed by atoms with Crippen molar-refractivity contribution in [3.05, 3.63) is 83.0 Å². The molecule has 0 saturated heterocycles. The summed E-state index contributed by atoms with van der Waals surface area (Å²) in [7, 11) is 0. The van der Waals surface area contributed by atoms with Gasteiger partial charge in [-0.25, -0.2) is 4.98 Å². The summed E-state index contributed by atoms with van der Waals surface area (Å²) in [6, 6.07) is 17.9. The highest BCUT2D eigenvalue weighted by Gasteiger charge is 2.29. The van der Waals surface area contributed by atoms with Gasteiger partial charge in [0, 0.05) is 29.9 Å². The third-order valence-electron chi connectivity index (χ3n) is 5.36. The normalized spacial score (nSPS) is 13.9. The second kappa shape index (κ2) is 7.95. The molecule has 0 fully saturated rings. The molecule has 1 aromatic heterocycles. The minimum Gasteiger partial charge on any atom is -0.457 e. The summed E-state index contributed by atoms with van der Waals surface area (Å²) in [5.74, 6) is 2.52. The number of nitrogens with zero attached hydrogens (tertiary/aromatic N) is 2. The molecule has 0 radical (unpaired) electrons. The second-order valence-electron chi connectivity index (χ2n) is 7.31. The zero-order chi connectivity index (χ0) is 20.4. The lowest BCUT2D eigenvalue weighted by atomic mass is 10.1. The number of aromatic nitrogens is 1. The predicted octanol–water partition coefficient (Wildman–Crippen LogP) is 5.33. The molecule has 1 amide bonds. The zero-order valence-electron chi connectivity index (χ0n) is 17.0. The van der Waals surface area contributed by atoms with Crippen LogP contribution in [0.2, 0.25) is 0 Å². The van der Waals surface area contributed by atoms with Gasteiger partial charge in [-0.2, -0.15) is 0 Å². The SMILES string of the molecule is CCN1Cc2c(ccnc2N[C@@H](C)c2ccc(Oc3ccccc3C)cc2)C1=O. The molecular weight excluding hydrogens is 362 g/mol. The van der Waals surface area contributed by atoms with Crippen molar-refractivity contribution in [2.75, 3.05) is 11.9 Å². The molecular formula is C24H25N3O2. The molecule has 1 aliphatic rings. The van der Waals surface area contributed by atoms with E-state index in [1.54, 1.807) is 12.3 Å². The van der Waals surface area contributed by atoms with E-state index >= 15 is 0 Å². The maximum Gasteiger partial charge on any atom is 0.254 e. The van der Waals surface area contributed by atoms with Crippen LogP contribution < -0.4 is 10.1 Å². The number of para-hydroxylation sites is 1. The minimum atomic E-state index is 0.0484. The highest BCUT2D eigenvalue weighted by molar-refractivity contribution is 5.99. The first-order valence-corrected chi connectivity index (χ1v) is 9.94. The van der Waals surface area contributed by atoms with Crippen LogP contribution in [0.4, 0.5) is 5.82 Å². The van der Waals surface area contributed by atoms with Gasteiger partial charge < -0.3 is 15.0 Å². The van der Waals surface area contributed by atoms with E-state index in [1.165, 1.54) is 0 Å². The third kappa shape index (κ3) is 3.81. The maximum absolute atomic E-state index is 12.4. The van der Waals surface area contributed by atoms with Gasteiger partial charge in [-0.15, -0.1) is 0 Å². The predicted molar refractivity (Wildman–Crippen MR) is 114 cm³/mol. The molecule has 0 saturated carbocycles. The molecule has 3 aromatic rings. The van der Waals surface area contributed by atoms with Gasteiger partial charge in [0.05, 0.1) is 6.54 Å². The van der Waals surface area contributed by atoms with Crippen molar-refractivity contribution in [3.8, 4) is 11.5 Å². The highest BCUT2D eigenvalue weighted by Crippen LogP contribution is 2.31. The van der Waals surface area contributed by atoms with Crippen molar-refractivity contribution in [2.45, 2.75) is 33.4 Å². The van der Waals surface area contributed by atoms with Crippen molar-refractivity contribution < 1.29 is 9.53 Å². The molecule has 0 bridgehead atoms. The lowest BCUT2D eigenvalue weighted by Crippen LogP contribution is -2.22. The molecule has 29 heavy (non-hydrogen) atoms. The van der Waals surface area contributed by atoms with Crippen LogP contribution in [0.3, 0.4) is 0 Å². The topological polar surface area (TPSA) is 54.5 Å². The Balaban J connectivity index is 1.48. The summed E-state index contributed by atoms with van der Waals surface area (Å²) in [5, 5.41) is 3.47. The lowest BCUT2D eigenvalue weighted by Gasteiger charge is -2.18. The van der Waals surface area contributed by atoms with Gasteiger partial charge >= 0.3 is 0 Å². The number of amides is 1. The van der Waals surface area contributed by atoms with Crippen LogP contribution in [-0.4, -0.2) is 22.3 Å². The summed E-state index contributed by atoms with van der Waals surface area (Å²) in [4.78, 5) is 18.7. The summed E-state index contributed by atoms with van der Waals surface area (Å²) < 4.78 is 5.98. The number of hydrogen-bond donors (Lipinski definition) is 1. The Labute approximate surface area is 171 Å². The number of pyridine rings is 1. The fraction of sp³-hybridized carbons (Fsp3) is 0.250. The number of nitrogens with one attached hydrogen (secondary N) is 1. The third-order valence-corrected chi connectivity index (χ3v) is 5.36. The Morgan fingerprint density at radius 2 is 1.90 bits per heavy atom. The molecule has 4 rings (SSSR count). The molecule has 1 aliphatic heterocycles. The van der Waals surface area contributed by atoms with Crippen LogP contribution in [0.25, 0.3) is 0 Å². The Kier molecular flexibility index (Phi) is 5.21. The van der Waals surface area contributed by atoms with Gasteiger partial charge in [-0.3, -0.25) is 4.79 Å². The van der Waals surface area contributed by atoms with Crippen molar-refractivity contribution in [2.24, 2.45) is 0 Å². The molecule has 148 valence electrons. The molecule has 0 spiro atoms. The average Bonchev–Trinajstić information content (AvgIpc) is 3.07. The van der Waals surface area contributed by atoms with E-state index in [1.807, 2.05) is 55.1 Å². The number of carbonyl (C=O) groups is 1. The van der Waals surface area contributed by atoms with E-state index in [0.717, 1.165) is 39.6 Å². The number of anilines is 1. The maximum atomic E-state index is 12.4. The Bertz CT molecular complexity index is 1030. The number of hydrogen-bond acceptors (Lipinski definition) is 4. The molecule has 2 aromatic carbocycles. The Morgan fingerprint density at radius 3 is 2.62 bits per heavy atom. The first-order chi connectivity index (χ1) is 14.1. The zero-order valence-corrected chi connectivity index (χ0v) is 17.0. The van der Waals surface area contributed by atoms with Crippen LogP contribution in [-0.2, 0) is 6.54 Å². The molecule has 5 heteroatoms. The van der Waals surface area contributed by atoms with E-state index < -0.39 is 0 Å². The first kappa shape index (κ1) is 19.0. The molecule has 1 atom stereocenters. The van der Waals surface area contributed by atoms with Crippen LogP contribution in [0, 0.1) is 6.92 Å². The van der Waals surface area contributed by atoms with Crippen molar-refractivity contribution in [1.82, 2.24) is 9.88 Å². The Morgan fingerprint density at radius 1 is 1.14 bits per heavy atom. The number of ether oxygens (including phenoxy) is 1. The quantitative estimate of drug-likeness (QED) is 0.621. The van der Waals surface area contributed by atoms with Gasteiger partial charge in [0.2, 0.25) is 0 Å². The van der Waals surface area contributed by atoms with Gasteiger partial charge in [0.15, 0.2) is 0 Å². The summed E-state index contributed by atoms with van der Waals surface area (Å²) in [6.45, 7) is 7.42. The van der Waals surface area contributed by atoms with Crippen molar-refractivity contribution in [1.29, 1.82) is 0 Å². The molecule has 1 N–H and O–H groups in total. The van der Waals surface area contributed by atoms with Gasteiger partial charge in [0.25, 0.3) is 5.91 Å². The fourth-order valence-electron chi connectivity index (χ4n) is 3.58. The van der Waals surface area contributed by atoms with E-state index in [4.69, 9.17) is 4.74 Å². The molecule has 0 unspecified atom stereocenters. The number of aryl methyl sites for hydroxylation is 1. The first-order valence-electron chi connectivity index (χ1n) is 9.94.